The van der Waals surface area contributed by atoms with Gasteiger partial charge in [0.05, 0.1) is 5.02 Å². The Balaban J connectivity index is 2.55. The molecule has 0 aliphatic rings. The lowest BCUT2D eigenvalue weighted by atomic mass is 10.0. The summed E-state index contributed by atoms with van der Waals surface area (Å²) in [6.45, 7) is 6.11. The van der Waals surface area contributed by atoms with Crippen LogP contribution < -0.4 is 0 Å². The maximum absolute atomic E-state index is 6.26. The van der Waals surface area contributed by atoms with Gasteiger partial charge >= 0.3 is 0 Å². The molecule has 0 atom stereocenters. The van der Waals surface area contributed by atoms with Crippen LogP contribution in [0.25, 0.3) is 11.4 Å². The molecule has 19 heavy (non-hydrogen) atoms. The van der Waals surface area contributed by atoms with Crippen LogP contribution in [0.1, 0.15) is 31.0 Å². The summed E-state index contributed by atoms with van der Waals surface area (Å²) in [7, 11) is 0. The number of aromatic nitrogens is 2. The van der Waals surface area contributed by atoms with Gasteiger partial charge in [0.1, 0.15) is 5.15 Å². The van der Waals surface area contributed by atoms with E-state index >= 15 is 0 Å². The van der Waals surface area contributed by atoms with Crippen molar-refractivity contribution in [3.63, 3.8) is 0 Å². The Morgan fingerprint density at radius 1 is 1.16 bits per heavy atom. The molecule has 2 rings (SSSR count). The quantitative estimate of drug-likeness (QED) is 0.648. The zero-order valence-corrected chi connectivity index (χ0v) is 13.9. The largest absolute Gasteiger partial charge is 0.233 e. The normalized spacial score (nSPS) is 11.1. The van der Waals surface area contributed by atoms with E-state index in [0.717, 1.165) is 21.3 Å². The first kappa shape index (κ1) is 14.8. The average Bonchev–Trinajstić information content (AvgIpc) is 2.31. The average molecular weight is 360 g/mol. The summed E-state index contributed by atoms with van der Waals surface area (Å²) >= 11 is 15.6. The van der Waals surface area contributed by atoms with Gasteiger partial charge in [0.25, 0.3) is 0 Å². The van der Waals surface area contributed by atoms with E-state index in [1.54, 1.807) is 0 Å². The van der Waals surface area contributed by atoms with Crippen LogP contribution in [0.2, 0.25) is 10.2 Å². The summed E-state index contributed by atoms with van der Waals surface area (Å²) < 4.78 is 0.817. The molecule has 0 saturated carbocycles. The van der Waals surface area contributed by atoms with Crippen molar-refractivity contribution in [2.45, 2.75) is 26.7 Å². The molecule has 0 spiro atoms. The van der Waals surface area contributed by atoms with Gasteiger partial charge in [-0.1, -0.05) is 37.0 Å². The highest BCUT2D eigenvalue weighted by Crippen LogP contribution is 2.30. The van der Waals surface area contributed by atoms with Crippen LogP contribution in [0, 0.1) is 6.92 Å². The van der Waals surface area contributed by atoms with Gasteiger partial charge in [-0.3, -0.25) is 0 Å². The third-order valence-corrected chi connectivity index (χ3v) is 4.35. The van der Waals surface area contributed by atoms with Crippen LogP contribution in [0.5, 0.6) is 0 Å². The fraction of sp³-hybridized carbons (Fsp3) is 0.286. The van der Waals surface area contributed by atoms with Crippen molar-refractivity contribution in [2.75, 3.05) is 0 Å². The van der Waals surface area contributed by atoms with E-state index in [0.29, 0.717) is 21.9 Å². The topological polar surface area (TPSA) is 25.8 Å². The second-order valence-electron chi connectivity index (χ2n) is 4.62. The third-order valence-electron chi connectivity index (χ3n) is 2.84. The summed E-state index contributed by atoms with van der Waals surface area (Å²) in [5, 5.41) is 1.17. The molecule has 0 bridgehead atoms. The molecule has 100 valence electrons. The van der Waals surface area contributed by atoms with Crippen molar-refractivity contribution in [1.29, 1.82) is 0 Å². The molecule has 2 nitrogen and oxygen atoms in total. The number of rotatable bonds is 2. The lowest BCUT2D eigenvalue weighted by Gasteiger charge is -2.12. The van der Waals surface area contributed by atoms with Gasteiger partial charge in [0.2, 0.25) is 0 Å². The van der Waals surface area contributed by atoms with E-state index < -0.39 is 0 Å². The molecule has 0 N–H and O–H groups in total. The fourth-order valence-corrected chi connectivity index (χ4v) is 2.90. The molecule has 1 heterocycles. The second kappa shape index (κ2) is 5.78. The minimum Gasteiger partial charge on any atom is -0.233 e. The van der Waals surface area contributed by atoms with Crippen LogP contribution in [0.3, 0.4) is 0 Å². The zero-order valence-electron chi connectivity index (χ0n) is 10.8. The molecule has 1 aromatic heterocycles. The summed E-state index contributed by atoms with van der Waals surface area (Å²) in [4.78, 5) is 8.92. The Hall–Kier alpha value is -0.640. The van der Waals surface area contributed by atoms with Gasteiger partial charge in [-0.15, -0.1) is 0 Å². The van der Waals surface area contributed by atoms with Crippen molar-refractivity contribution >= 4 is 39.1 Å². The lowest BCUT2D eigenvalue weighted by Crippen LogP contribution is -2.01. The fourth-order valence-electron chi connectivity index (χ4n) is 1.97. The van der Waals surface area contributed by atoms with Crippen molar-refractivity contribution in [2.24, 2.45) is 0 Å². The van der Waals surface area contributed by atoms with Crippen molar-refractivity contribution in [3.05, 3.63) is 44.1 Å². The summed E-state index contributed by atoms with van der Waals surface area (Å²) in [6.07, 6.45) is 0. The number of aryl methyl sites for hydroxylation is 1. The van der Waals surface area contributed by atoms with E-state index in [1.165, 1.54) is 0 Å². The van der Waals surface area contributed by atoms with E-state index in [2.05, 4.69) is 39.7 Å². The summed E-state index contributed by atoms with van der Waals surface area (Å²) in [5.41, 5.74) is 2.80. The molecule has 2 aromatic rings. The van der Waals surface area contributed by atoms with Gasteiger partial charge in [0.15, 0.2) is 5.82 Å². The first-order valence-corrected chi connectivity index (χ1v) is 7.44. The van der Waals surface area contributed by atoms with Crippen LogP contribution in [-0.2, 0) is 0 Å². The number of nitrogens with zero attached hydrogens (tertiary/aromatic N) is 2. The standard InChI is InChI=1S/C14H13BrCl2N2/c1-7(2)12-8(3)18-14(19-13(12)17)9-4-5-11(16)10(15)6-9/h4-7H,1-3H3. The SMILES string of the molecule is Cc1nc(-c2ccc(Cl)c(Br)c2)nc(Cl)c1C(C)C. The van der Waals surface area contributed by atoms with Crippen molar-refractivity contribution in [3.8, 4) is 11.4 Å². The Bertz CT molecular complexity index is 604. The molecule has 5 heteroatoms. The van der Waals surface area contributed by atoms with Crippen LogP contribution in [0.4, 0.5) is 0 Å². The predicted octanol–water partition coefficient (Wildman–Crippen LogP) is 5.64. The maximum Gasteiger partial charge on any atom is 0.161 e. The van der Waals surface area contributed by atoms with Crippen molar-refractivity contribution < 1.29 is 0 Å². The van der Waals surface area contributed by atoms with Crippen LogP contribution in [0.15, 0.2) is 22.7 Å². The Kier molecular flexibility index (Phi) is 4.49. The second-order valence-corrected chi connectivity index (χ2v) is 6.24. The first-order chi connectivity index (χ1) is 8.90. The minimum atomic E-state index is 0.304. The molecule has 0 aliphatic heterocycles. The molecular weight excluding hydrogens is 347 g/mol. The molecule has 0 fully saturated rings. The number of halogens is 3. The van der Waals surface area contributed by atoms with E-state index in [1.807, 2.05) is 25.1 Å². The summed E-state index contributed by atoms with van der Waals surface area (Å²) in [5.74, 6) is 0.919. The molecule has 0 unspecified atom stereocenters. The van der Waals surface area contributed by atoms with E-state index in [9.17, 15) is 0 Å². The Morgan fingerprint density at radius 3 is 2.37 bits per heavy atom. The summed E-state index contributed by atoms with van der Waals surface area (Å²) in [6, 6.07) is 5.58. The Labute approximate surface area is 131 Å². The van der Waals surface area contributed by atoms with Gasteiger partial charge in [0, 0.05) is 21.3 Å². The number of hydrogen-bond donors (Lipinski definition) is 0. The van der Waals surface area contributed by atoms with Crippen LogP contribution in [-0.4, -0.2) is 9.97 Å². The number of benzene rings is 1. The van der Waals surface area contributed by atoms with E-state index in [-0.39, 0.29) is 0 Å². The molecule has 0 aliphatic carbocycles. The predicted molar refractivity (Wildman–Crippen MR) is 84.0 cm³/mol. The maximum atomic E-state index is 6.26. The molecule has 0 amide bonds. The van der Waals surface area contributed by atoms with Gasteiger partial charge < -0.3 is 0 Å². The third kappa shape index (κ3) is 3.10. The smallest absolute Gasteiger partial charge is 0.161 e. The molecular formula is C14H13BrCl2N2. The first-order valence-electron chi connectivity index (χ1n) is 5.89. The highest BCUT2D eigenvalue weighted by molar-refractivity contribution is 9.10. The Morgan fingerprint density at radius 2 is 1.84 bits per heavy atom. The number of hydrogen-bond acceptors (Lipinski definition) is 2. The van der Waals surface area contributed by atoms with Crippen LogP contribution >= 0.6 is 39.1 Å². The highest BCUT2D eigenvalue weighted by atomic mass is 79.9. The van der Waals surface area contributed by atoms with Gasteiger partial charge in [-0.05, 0) is 47.0 Å². The molecule has 0 saturated heterocycles. The molecule has 0 radical (unpaired) electrons. The molecule has 1 aromatic carbocycles. The van der Waals surface area contributed by atoms with Crippen molar-refractivity contribution in [1.82, 2.24) is 9.97 Å². The van der Waals surface area contributed by atoms with Gasteiger partial charge in [-0.2, -0.15) is 0 Å². The highest BCUT2D eigenvalue weighted by Gasteiger charge is 2.14. The van der Waals surface area contributed by atoms with Gasteiger partial charge in [-0.25, -0.2) is 9.97 Å². The lowest BCUT2D eigenvalue weighted by molar-refractivity contribution is 0.831. The minimum absolute atomic E-state index is 0.304. The monoisotopic (exact) mass is 358 g/mol. The zero-order chi connectivity index (χ0) is 14.2. The van der Waals surface area contributed by atoms with E-state index in [4.69, 9.17) is 23.2 Å².